The predicted octanol–water partition coefficient (Wildman–Crippen LogP) is 11.0. The van der Waals surface area contributed by atoms with Crippen molar-refractivity contribution in [3.8, 4) is 23.2 Å². The topological polar surface area (TPSA) is 0 Å². The molecule has 1 heteroatoms. The van der Waals surface area contributed by atoms with Crippen LogP contribution >= 0.6 is 8.58 Å². The summed E-state index contributed by atoms with van der Waals surface area (Å²) in [5.74, 6) is 6.65. The molecule has 0 aromatic carbocycles. The van der Waals surface area contributed by atoms with Crippen LogP contribution in [0, 0.1) is 23.2 Å². The normalized spacial score (nSPS) is 10.4. The zero-order valence-electron chi connectivity index (χ0n) is 21.5. The number of rotatable bonds is 22. The quantitative estimate of drug-likeness (QED) is 0.0881. The molecule has 0 saturated heterocycles. The van der Waals surface area contributed by atoms with Gasteiger partial charge >= 0.3 is 0 Å². The Morgan fingerprint density at radius 2 is 0.613 bits per heavy atom. The van der Waals surface area contributed by atoms with Crippen molar-refractivity contribution in [2.75, 3.05) is 0 Å². The Balaban J connectivity index is 3.20. The molecule has 0 aliphatic carbocycles. The fourth-order valence-electron chi connectivity index (χ4n) is 4.00. The van der Waals surface area contributed by atoms with Crippen molar-refractivity contribution < 1.29 is 0 Å². The van der Waals surface area contributed by atoms with Gasteiger partial charge < -0.3 is 0 Å². The van der Waals surface area contributed by atoms with Gasteiger partial charge in [-0.2, -0.15) is 0 Å². The maximum Gasteiger partial charge on any atom is 0.0358 e. The fourth-order valence-corrected chi connectivity index (χ4v) is 4.49. The largest absolute Gasteiger partial charge is 0.0979 e. The van der Waals surface area contributed by atoms with Crippen molar-refractivity contribution in [2.45, 2.75) is 168 Å². The summed E-state index contributed by atoms with van der Waals surface area (Å²) < 4.78 is 0. The molecule has 0 aliphatic rings. The van der Waals surface area contributed by atoms with E-state index in [0.717, 1.165) is 12.8 Å². The third kappa shape index (κ3) is 29.6. The highest BCUT2D eigenvalue weighted by molar-refractivity contribution is 7.49. The summed E-state index contributed by atoms with van der Waals surface area (Å²) in [6, 6.07) is 0. The van der Waals surface area contributed by atoms with E-state index in [1.54, 1.807) is 0 Å². The second kappa shape index (κ2) is 29.5. The first-order valence-corrected chi connectivity index (χ1v) is 15.1. The highest BCUT2D eigenvalue weighted by Crippen LogP contribution is 2.13. The molecule has 0 bridgehead atoms. The SMILES string of the molecule is CCCCCCCCCCCCCC#CPC#CCCCCCCCCCCCCC. The van der Waals surface area contributed by atoms with Gasteiger partial charge in [-0.1, -0.05) is 165 Å². The van der Waals surface area contributed by atoms with Gasteiger partial charge in [0.1, 0.15) is 0 Å². The lowest BCUT2D eigenvalue weighted by atomic mass is 10.1. The molecule has 180 valence electrons. The van der Waals surface area contributed by atoms with Crippen LogP contribution in [0.5, 0.6) is 0 Å². The van der Waals surface area contributed by atoms with Gasteiger partial charge in [-0.05, 0) is 12.8 Å². The molecule has 0 radical (unpaired) electrons. The maximum absolute atomic E-state index is 3.32. The van der Waals surface area contributed by atoms with Crippen molar-refractivity contribution in [3.05, 3.63) is 0 Å². The minimum Gasteiger partial charge on any atom is -0.0979 e. The minimum absolute atomic E-state index is 0.533. The molecule has 31 heavy (non-hydrogen) atoms. The number of hydrogen-bond acceptors (Lipinski definition) is 0. The molecule has 0 nitrogen and oxygen atoms in total. The van der Waals surface area contributed by atoms with E-state index in [4.69, 9.17) is 0 Å². The molecular weight excluding hydrogens is 391 g/mol. The second-order valence-corrected chi connectivity index (χ2v) is 10.0. The van der Waals surface area contributed by atoms with Gasteiger partial charge in [-0.3, -0.25) is 0 Å². The molecule has 0 aliphatic heterocycles. The summed E-state index contributed by atoms with van der Waals surface area (Å²) >= 11 is 0. The zero-order valence-corrected chi connectivity index (χ0v) is 22.5. The van der Waals surface area contributed by atoms with Crippen LogP contribution in [0.15, 0.2) is 0 Å². The molecule has 0 heterocycles. The van der Waals surface area contributed by atoms with Gasteiger partial charge in [0.05, 0.1) is 0 Å². The number of hydrogen-bond donors (Lipinski definition) is 0. The van der Waals surface area contributed by atoms with Crippen molar-refractivity contribution in [2.24, 2.45) is 0 Å². The monoisotopic (exact) mass is 446 g/mol. The van der Waals surface area contributed by atoms with Crippen LogP contribution < -0.4 is 0 Å². The minimum atomic E-state index is 0.533. The Labute approximate surface area is 199 Å². The molecule has 0 amide bonds. The summed E-state index contributed by atoms with van der Waals surface area (Å²) in [7, 11) is 0.533. The summed E-state index contributed by atoms with van der Waals surface area (Å²) in [5, 5.41) is 0. The van der Waals surface area contributed by atoms with Crippen molar-refractivity contribution in [1.82, 2.24) is 0 Å². The molecule has 0 saturated carbocycles. The Kier molecular flexibility index (Phi) is 29.1. The van der Waals surface area contributed by atoms with Crippen LogP contribution in [0.2, 0.25) is 0 Å². The molecular formula is C30H55P. The van der Waals surface area contributed by atoms with E-state index in [1.807, 2.05) is 0 Å². The first kappa shape index (κ1) is 30.6. The summed E-state index contributed by atoms with van der Waals surface area (Å²) in [5.41, 5.74) is 6.54. The first-order valence-electron chi connectivity index (χ1n) is 14.1. The summed E-state index contributed by atoms with van der Waals surface area (Å²) in [6.07, 6.45) is 33.1. The van der Waals surface area contributed by atoms with Crippen molar-refractivity contribution in [3.63, 3.8) is 0 Å². The number of unbranched alkanes of at least 4 members (excludes halogenated alkanes) is 22. The Hall–Kier alpha value is -0.450. The van der Waals surface area contributed by atoms with E-state index in [0.29, 0.717) is 8.58 Å². The highest BCUT2D eigenvalue weighted by atomic mass is 31.1. The Bertz CT molecular complexity index is 403. The van der Waals surface area contributed by atoms with Gasteiger partial charge in [0.25, 0.3) is 0 Å². The van der Waals surface area contributed by atoms with Gasteiger partial charge in [0.15, 0.2) is 0 Å². The van der Waals surface area contributed by atoms with E-state index < -0.39 is 0 Å². The van der Waals surface area contributed by atoms with E-state index in [9.17, 15) is 0 Å². The maximum atomic E-state index is 3.32. The van der Waals surface area contributed by atoms with Gasteiger partial charge in [0, 0.05) is 21.4 Å². The van der Waals surface area contributed by atoms with Crippen LogP contribution in [0.25, 0.3) is 0 Å². The van der Waals surface area contributed by atoms with Gasteiger partial charge in [-0.15, -0.1) is 0 Å². The predicted molar refractivity (Wildman–Crippen MR) is 146 cm³/mol. The summed E-state index contributed by atoms with van der Waals surface area (Å²) in [6.45, 7) is 4.58. The third-order valence-corrected chi connectivity index (χ3v) is 6.72. The Morgan fingerprint density at radius 3 is 0.903 bits per heavy atom. The molecule has 0 unspecified atom stereocenters. The molecule has 0 N–H and O–H groups in total. The van der Waals surface area contributed by atoms with Crippen molar-refractivity contribution in [1.29, 1.82) is 0 Å². The molecule has 0 spiro atoms. The lowest BCUT2D eigenvalue weighted by molar-refractivity contribution is 0.551. The van der Waals surface area contributed by atoms with Gasteiger partial charge in [0.2, 0.25) is 0 Å². The van der Waals surface area contributed by atoms with Crippen LogP contribution in [0.4, 0.5) is 0 Å². The third-order valence-electron chi connectivity index (χ3n) is 6.11. The van der Waals surface area contributed by atoms with Gasteiger partial charge in [-0.25, -0.2) is 0 Å². The van der Waals surface area contributed by atoms with E-state index in [-0.39, 0.29) is 0 Å². The highest BCUT2D eigenvalue weighted by Gasteiger charge is 1.93. The van der Waals surface area contributed by atoms with Crippen LogP contribution in [-0.4, -0.2) is 0 Å². The lowest BCUT2D eigenvalue weighted by Gasteiger charge is -2.01. The van der Waals surface area contributed by atoms with Crippen LogP contribution in [0.1, 0.15) is 168 Å². The van der Waals surface area contributed by atoms with Crippen molar-refractivity contribution >= 4 is 8.58 Å². The van der Waals surface area contributed by atoms with E-state index in [1.165, 1.54) is 141 Å². The van der Waals surface area contributed by atoms with Crippen LogP contribution in [-0.2, 0) is 0 Å². The lowest BCUT2D eigenvalue weighted by Crippen LogP contribution is -1.82. The summed E-state index contributed by atoms with van der Waals surface area (Å²) in [4.78, 5) is 0. The smallest absolute Gasteiger partial charge is 0.0358 e. The standard InChI is InChI=1S/C30H55P/c1-3-5-7-9-11-13-15-17-19-21-23-25-27-29-31-30-28-26-24-22-20-18-16-14-12-10-8-6-4-2/h31H,3-26H2,1-2H3. The molecule has 0 aromatic rings. The molecule has 0 rings (SSSR count). The molecule has 0 atom stereocenters. The Morgan fingerprint density at radius 1 is 0.355 bits per heavy atom. The average molecular weight is 447 g/mol. The van der Waals surface area contributed by atoms with E-state index in [2.05, 4.69) is 37.0 Å². The van der Waals surface area contributed by atoms with Crippen LogP contribution in [0.3, 0.4) is 0 Å². The fraction of sp³-hybridized carbons (Fsp3) is 0.867. The average Bonchev–Trinajstić information content (AvgIpc) is 2.78. The van der Waals surface area contributed by atoms with E-state index >= 15 is 0 Å². The second-order valence-electron chi connectivity index (χ2n) is 9.30. The molecule has 0 aromatic heterocycles. The zero-order chi connectivity index (χ0) is 22.5. The first-order chi connectivity index (χ1) is 15.4. The molecule has 0 fully saturated rings.